The minimum atomic E-state index is 0.437. The largest absolute Gasteiger partial charge is 0.380 e. The molecular weight excluding hydrogens is 162 g/mol. The fourth-order valence-corrected chi connectivity index (χ4v) is 2.03. The number of rotatable bonds is 6. The average Bonchev–Trinajstić information content (AvgIpc) is 2.87. The number of nitrogens with one attached hydrogen (secondary N) is 1. The van der Waals surface area contributed by atoms with Crippen LogP contribution in [0.2, 0.25) is 0 Å². The molecule has 0 amide bonds. The van der Waals surface area contributed by atoms with Crippen molar-refractivity contribution in [3.05, 3.63) is 0 Å². The maximum absolute atomic E-state index is 5.57. The van der Waals surface area contributed by atoms with Gasteiger partial charge in [0.25, 0.3) is 0 Å². The van der Waals surface area contributed by atoms with Crippen LogP contribution in [-0.4, -0.2) is 26.3 Å². The molecule has 78 valence electrons. The first-order valence-electron chi connectivity index (χ1n) is 5.39. The molecule has 1 aliphatic rings. The van der Waals surface area contributed by atoms with Crippen molar-refractivity contribution in [1.29, 1.82) is 0 Å². The first-order valence-corrected chi connectivity index (χ1v) is 5.39. The molecular formula is C11H23NO. The number of ether oxygens (including phenoxy) is 1. The third-order valence-electron chi connectivity index (χ3n) is 2.85. The lowest BCUT2D eigenvalue weighted by atomic mass is 9.96. The first kappa shape index (κ1) is 11.0. The SMILES string of the molecule is CNC(CC(C)C)C(OC)C1CC1. The van der Waals surface area contributed by atoms with Crippen LogP contribution in [0, 0.1) is 11.8 Å². The summed E-state index contributed by atoms with van der Waals surface area (Å²) in [6, 6.07) is 0.539. The van der Waals surface area contributed by atoms with Crippen molar-refractivity contribution in [3.63, 3.8) is 0 Å². The minimum absolute atomic E-state index is 0.437. The number of hydrogen-bond acceptors (Lipinski definition) is 2. The maximum Gasteiger partial charge on any atom is 0.0752 e. The van der Waals surface area contributed by atoms with Gasteiger partial charge in [0.15, 0.2) is 0 Å². The molecule has 0 heterocycles. The quantitative estimate of drug-likeness (QED) is 0.684. The van der Waals surface area contributed by atoms with Gasteiger partial charge in [0.05, 0.1) is 6.10 Å². The second-order valence-corrected chi connectivity index (χ2v) is 4.56. The van der Waals surface area contributed by atoms with Gasteiger partial charge in [-0.15, -0.1) is 0 Å². The topological polar surface area (TPSA) is 21.3 Å². The normalized spacial score (nSPS) is 21.9. The predicted octanol–water partition coefficient (Wildman–Crippen LogP) is 2.05. The van der Waals surface area contributed by atoms with Crippen molar-refractivity contribution in [3.8, 4) is 0 Å². The molecule has 0 bridgehead atoms. The van der Waals surface area contributed by atoms with E-state index in [9.17, 15) is 0 Å². The second-order valence-electron chi connectivity index (χ2n) is 4.56. The van der Waals surface area contributed by atoms with Crippen molar-refractivity contribution in [2.24, 2.45) is 11.8 Å². The Labute approximate surface area is 82.0 Å². The van der Waals surface area contributed by atoms with Crippen LogP contribution in [0.15, 0.2) is 0 Å². The summed E-state index contributed by atoms with van der Waals surface area (Å²) in [4.78, 5) is 0. The van der Waals surface area contributed by atoms with Crippen molar-refractivity contribution in [2.75, 3.05) is 14.2 Å². The van der Waals surface area contributed by atoms with E-state index in [4.69, 9.17) is 4.74 Å². The molecule has 2 unspecified atom stereocenters. The van der Waals surface area contributed by atoms with Gasteiger partial charge < -0.3 is 10.1 Å². The smallest absolute Gasteiger partial charge is 0.0752 e. The molecule has 0 saturated heterocycles. The van der Waals surface area contributed by atoms with E-state index < -0.39 is 0 Å². The van der Waals surface area contributed by atoms with E-state index in [1.165, 1.54) is 19.3 Å². The molecule has 0 aromatic rings. The molecule has 13 heavy (non-hydrogen) atoms. The summed E-state index contributed by atoms with van der Waals surface area (Å²) in [5.74, 6) is 1.56. The lowest BCUT2D eigenvalue weighted by Crippen LogP contribution is -2.41. The monoisotopic (exact) mass is 185 g/mol. The first-order chi connectivity index (χ1) is 6.19. The zero-order valence-corrected chi connectivity index (χ0v) is 9.34. The van der Waals surface area contributed by atoms with Crippen molar-refractivity contribution >= 4 is 0 Å². The summed E-state index contributed by atoms with van der Waals surface area (Å²) in [7, 11) is 3.88. The summed E-state index contributed by atoms with van der Waals surface area (Å²) in [6.07, 6.45) is 4.36. The van der Waals surface area contributed by atoms with Gasteiger partial charge in [-0.2, -0.15) is 0 Å². The van der Waals surface area contributed by atoms with Crippen LogP contribution in [0.3, 0.4) is 0 Å². The molecule has 0 radical (unpaired) electrons. The molecule has 0 aliphatic heterocycles. The van der Waals surface area contributed by atoms with E-state index in [2.05, 4.69) is 19.2 Å². The van der Waals surface area contributed by atoms with Crippen LogP contribution < -0.4 is 5.32 Å². The van der Waals surface area contributed by atoms with E-state index in [0.29, 0.717) is 12.1 Å². The summed E-state index contributed by atoms with van der Waals surface area (Å²) >= 11 is 0. The van der Waals surface area contributed by atoms with Gasteiger partial charge in [-0.3, -0.25) is 0 Å². The second kappa shape index (κ2) is 4.97. The van der Waals surface area contributed by atoms with Gasteiger partial charge in [0, 0.05) is 13.2 Å². The highest BCUT2D eigenvalue weighted by Crippen LogP contribution is 2.36. The van der Waals surface area contributed by atoms with Gasteiger partial charge in [-0.05, 0) is 38.1 Å². The molecule has 0 spiro atoms. The van der Waals surface area contributed by atoms with Crippen LogP contribution in [-0.2, 0) is 4.74 Å². The van der Waals surface area contributed by atoms with Gasteiger partial charge in [-0.1, -0.05) is 13.8 Å². The molecule has 0 aromatic heterocycles. The van der Waals surface area contributed by atoms with E-state index >= 15 is 0 Å². The van der Waals surface area contributed by atoms with E-state index in [-0.39, 0.29) is 0 Å². The third kappa shape index (κ3) is 3.28. The highest BCUT2D eigenvalue weighted by atomic mass is 16.5. The van der Waals surface area contributed by atoms with Crippen LogP contribution in [0.4, 0.5) is 0 Å². The Hall–Kier alpha value is -0.0800. The Morgan fingerprint density at radius 3 is 2.31 bits per heavy atom. The molecule has 1 aliphatic carbocycles. The molecule has 0 aromatic carbocycles. The van der Waals surface area contributed by atoms with Crippen LogP contribution in [0.5, 0.6) is 0 Å². The third-order valence-corrected chi connectivity index (χ3v) is 2.85. The van der Waals surface area contributed by atoms with E-state index in [1.807, 2.05) is 14.2 Å². The zero-order chi connectivity index (χ0) is 9.84. The molecule has 1 N–H and O–H groups in total. The highest BCUT2D eigenvalue weighted by Gasteiger charge is 2.36. The highest BCUT2D eigenvalue weighted by molar-refractivity contribution is 4.89. The Balaban J connectivity index is 2.41. The van der Waals surface area contributed by atoms with E-state index in [0.717, 1.165) is 11.8 Å². The van der Waals surface area contributed by atoms with E-state index in [1.54, 1.807) is 0 Å². The summed E-state index contributed by atoms with van der Waals surface area (Å²) < 4.78 is 5.57. The van der Waals surface area contributed by atoms with Crippen molar-refractivity contribution in [1.82, 2.24) is 5.32 Å². The summed E-state index contributed by atoms with van der Waals surface area (Å²) in [6.45, 7) is 4.54. The molecule has 2 nitrogen and oxygen atoms in total. The fourth-order valence-electron chi connectivity index (χ4n) is 2.03. The Morgan fingerprint density at radius 1 is 1.38 bits per heavy atom. The summed E-state index contributed by atoms with van der Waals surface area (Å²) in [5, 5.41) is 3.38. The standard InChI is InChI=1S/C11H23NO/c1-8(2)7-10(12-3)11(13-4)9-5-6-9/h8-12H,5-7H2,1-4H3. The lowest BCUT2D eigenvalue weighted by molar-refractivity contribution is 0.0470. The van der Waals surface area contributed by atoms with Crippen molar-refractivity contribution < 1.29 is 4.74 Å². The zero-order valence-electron chi connectivity index (χ0n) is 9.34. The van der Waals surface area contributed by atoms with Gasteiger partial charge in [0.2, 0.25) is 0 Å². The number of methoxy groups -OCH3 is 1. The lowest BCUT2D eigenvalue weighted by Gasteiger charge is -2.27. The van der Waals surface area contributed by atoms with Crippen molar-refractivity contribution in [2.45, 2.75) is 45.3 Å². The van der Waals surface area contributed by atoms with Crippen LogP contribution >= 0.6 is 0 Å². The molecule has 1 saturated carbocycles. The van der Waals surface area contributed by atoms with Crippen LogP contribution in [0.25, 0.3) is 0 Å². The molecule has 1 rings (SSSR count). The summed E-state index contributed by atoms with van der Waals surface area (Å²) in [5.41, 5.74) is 0. The maximum atomic E-state index is 5.57. The van der Waals surface area contributed by atoms with Crippen LogP contribution in [0.1, 0.15) is 33.1 Å². The Morgan fingerprint density at radius 2 is 2.00 bits per heavy atom. The molecule has 1 fully saturated rings. The fraction of sp³-hybridized carbons (Fsp3) is 1.00. The van der Waals surface area contributed by atoms with Gasteiger partial charge >= 0.3 is 0 Å². The predicted molar refractivity (Wildman–Crippen MR) is 55.8 cm³/mol. The van der Waals surface area contributed by atoms with Gasteiger partial charge in [0.1, 0.15) is 0 Å². The number of hydrogen-bond donors (Lipinski definition) is 1. The Bertz CT molecular complexity index is 143. The number of likely N-dealkylation sites (N-methyl/N-ethyl adjacent to an activating group) is 1. The minimum Gasteiger partial charge on any atom is -0.380 e. The van der Waals surface area contributed by atoms with Gasteiger partial charge in [-0.25, -0.2) is 0 Å². The Kier molecular flexibility index (Phi) is 4.20. The molecule has 2 heteroatoms. The molecule has 2 atom stereocenters. The average molecular weight is 185 g/mol.